The monoisotopic (exact) mass is 186 g/mol. The lowest BCUT2D eigenvalue weighted by Crippen LogP contribution is -2.03. The van der Waals surface area contributed by atoms with Gasteiger partial charge in [0.15, 0.2) is 0 Å². The molecule has 1 aliphatic carbocycles. The zero-order chi connectivity index (χ0) is 7.56. The molecule has 0 atom stereocenters. The third-order valence-electron chi connectivity index (χ3n) is 2.62. The minimum absolute atomic E-state index is 0. The molecule has 0 bridgehead atoms. The Morgan fingerprint density at radius 2 is 1.46 bits per heavy atom. The van der Waals surface area contributed by atoms with E-state index in [1.165, 1.54) is 31.3 Å². The van der Waals surface area contributed by atoms with Crippen molar-refractivity contribution in [3.63, 3.8) is 0 Å². The van der Waals surface area contributed by atoms with E-state index in [0.717, 1.165) is 5.92 Å². The molecule has 0 radical (unpaired) electrons. The van der Waals surface area contributed by atoms with Crippen LogP contribution in [0.5, 0.6) is 0 Å². The lowest BCUT2D eigenvalue weighted by atomic mass is 9.90. The summed E-state index contributed by atoms with van der Waals surface area (Å²) in [7, 11) is 0. The lowest BCUT2D eigenvalue weighted by Gasteiger charge is -2.15. The Morgan fingerprint density at radius 1 is 1.08 bits per heavy atom. The Labute approximate surface area is 86.4 Å². The van der Waals surface area contributed by atoms with Crippen LogP contribution in [0.1, 0.15) is 61.8 Å². The van der Waals surface area contributed by atoms with Crippen molar-refractivity contribution in [3.05, 3.63) is 12.2 Å². The molecule has 0 aromatic heterocycles. The molecule has 0 heteroatoms. The van der Waals surface area contributed by atoms with Crippen molar-refractivity contribution < 1.29 is 0 Å². The van der Waals surface area contributed by atoms with Crippen LogP contribution >= 0.6 is 0 Å². The average molecular weight is 186 g/mol. The molecule has 0 N–H and O–H groups in total. The van der Waals surface area contributed by atoms with Crippen molar-refractivity contribution in [2.75, 3.05) is 0 Å². The largest absolute Gasteiger partial charge is 0.0993 e. The van der Waals surface area contributed by atoms with Crippen LogP contribution in [0.15, 0.2) is 12.2 Å². The number of hydrogen-bond donors (Lipinski definition) is 0. The topological polar surface area (TPSA) is 0 Å². The van der Waals surface area contributed by atoms with Crippen molar-refractivity contribution in [3.8, 4) is 0 Å². The molecule has 0 spiro atoms. The molecule has 1 fully saturated rings. The second-order valence-electron chi connectivity index (χ2n) is 3.71. The van der Waals surface area contributed by atoms with E-state index in [0.29, 0.717) is 5.92 Å². The Balaban J connectivity index is -0.000000333. The fourth-order valence-electron chi connectivity index (χ4n) is 1.77. The van der Waals surface area contributed by atoms with Gasteiger partial charge in [0, 0.05) is 0 Å². The summed E-state index contributed by atoms with van der Waals surface area (Å²) in [4.78, 5) is 0. The minimum atomic E-state index is 0. The fraction of sp³-hybridized carbons (Fsp3) is 0.846. The van der Waals surface area contributed by atoms with E-state index in [1.54, 1.807) is 0 Å². The van der Waals surface area contributed by atoms with Crippen molar-refractivity contribution >= 4 is 0 Å². The van der Waals surface area contributed by atoms with Crippen molar-refractivity contribution in [1.82, 2.24) is 0 Å². The van der Waals surface area contributed by atoms with Gasteiger partial charge in [-0.05, 0) is 24.7 Å². The van der Waals surface area contributed by atoms with Gasteiger partial charge in [0.05, 0.1) is 0 Å². The maximum absolute atomic E-state index is 4.14. The molecule has 82 valence electrons. The zero-order valence-corrected chi connectivity index (χ0v) is 7.19. The number of hydrogen-bond acceptors (Lipinski definition) is 0. The predicted molar refractivity (Wildman–Crippen MR) is 66.1 cm³/mol. The van der Waals surface area contributed by atoms with E-state index >= 15 is 0 Å². The van der Waals surface area contributed by atoms with Gasteiger partial charge in [-0.2, -0.15) is 0 Å². The molecule has 0 heterocycles. The Bertz CT molecular complexity index is 116. The third kappa shape index (κ3) is 5.13. The van der Waals surface area contributed by atoms with Gasteiger partial charge in [0.2, 0.25) is 0 Å². The Hall–Kier alpha value is -0.260. The first-order chi connectivity index (χ1) is 4.72. The number of allylic oxidation sites excluding steroid dienone is 1. The Kier molecular flexibility index (Phi) is 11.9. The maximum atomic E-state index is 4.14. The molecule has 0 saturated heterocycles. The normalized spacial score (nSPS) is 15.6. The van der Waals surface area contributed by atoms with E-state index in [4.69, 9.17) is 0 Å². The van der Waals surface area contributed by atoms with Crippen LogP contribution in [0.2, 0.25) is 0 Å². The van der Waals surface area contributed by atoms with Gasteiger partial charge < -0.3 is 0 Å². The van der Waals surface area contributed by atoms with Crippen LogP contribution in [0, 0.1) is 11.8 Å². The van der Waals surface area contributed by atoms with E-state index in [1.807, 2.05) is 0 Å². The molecule has 0 nitrogen and oxygen atoms in total. The highest BCUT2D eigenvalue weighted by atomic mass is 14.2. The predicted octanol–water partition coefficient (Wildman–Crippen LogP) is 5.30. The molecule has 0 aromatic carbocycles. The zero-order valence-electron chi connectivity index (χ0n) is 7.19. The van der Waals surface area contributed by atoms with Crippen LogP contribution in [-0.2, 0) is 0 Å². The standard InChI is InChI=1S/C10H18.3CH4/c1-8(2)9(3)10-6-4-5-7-10;;;/h8,10H,3-7H2,1-2H3;3*1H4. The van der Waals surface area contributed by atoms with Crippen molar-refractivity contribution in [1.29, 1.82) is 0 Å². The second-order valence-corrected chi connectivity index (χ2v) is 3.71. The summed E-state index contributed by atoms with van der Waals surface area (Å²) in [5.41, 5.74) is 1.48. The summed E-state index contributed by atoms with van der Waals surface area (Å²) in [6.45, 7) is 8.64. The van der Waals surface area contributed by atoms with Gasteiger partial charge in [-0.25, -0.2) is 0 Å². The van der Waals surface area contributed by atoms with Gasteiger partial charge >= 0.3 is 0 Å². The average Bonchev–Trinajstić information content (AvgIpc) is 2.36. The lowest BCUT2D eigenvalue weighted by molar-refractivity contribution is 0.561. The summed E-state index contributed by atoms with van der Waals surface area (Å²) in [6.07, 6.45) is 5.65. The summed E-state index contributed by atoms with van der Waals surface area (Å²) in [6, 6.07) is 0. The summed E-state index contributed by atoms with van der Waals surface area (Å²) in [5, 5.41) is 0. The van der Waals surface area contributed by atoms with Gasteiger partial charge in [-0.15, -0.1) is 0 Å². The highest BCUT2D eigenvalue weighted by molar-refractivity contribution is 5.04. The fourth-order valence-corrected chi connectivity index (χ4v) is 1.77. The maximum Gasteiger partial charge on any atom is -0.0203 e. The van der Waals surface area contributed by atoms with E-state index in [-0.39, 0.29) is 22.3 Å². The van der Waals surface area contributed by atoms with Crippen LogP contribution in [0.3, 0.4) is 0 Å². The van der Waals surface area contributed by atoms with Crippen LogP contribution in [-0.4, -0.2) is 0 Å². The molecule has 1 aliphatic rings. The molecule has 0 unspecified atom stereocenters. The van der Waals surface area contributed by atoms with E-state index in [9.17, 15) is 0 Å². The molecule has 0 aromatic rings. The summed E-state index contributed by atoms with van der Waals surface area (Å²) < 4.78 is 0. The first-order valence-corrected chi connectivity index (χ1v) is 4.40. The van der Waals surface area contributed by atoms with Gasteiger partial charge in [-0.3, -0.25) is 0 Å². The van der Waals surface area contributed by atoms with E-state index < -0.39 is 0 Å². The highest BCUT2D eigenvalue weighted by Gasteiger charge is 2.19. The van der Waals surface area contributed by atoms with E-state index in [2.05, 4.69) is 20.4 Å². The van der Waals surface area contributed by atoms with Crippen molar-refractivity contribution in [2.45, 2.75) is 61.8 Å². The Morgan fingerprint density at radius 3 is 1.77 bits per heavy atom. The van der Waals surface area contributed by atoms with Crippen molar-refractivity contribution in [2.24, 2.45) is 11.8 Å². The van der Waals surface area contributed by atoms with Crippen LogP contribution in [0.25, 0.3) is 0 Å². The number of rotatable bonds is 2. The van der Waals surface area contributed by atoms with Gasteiger partial charge in [0.25, 0.3) is 0 Å². The third-order valence-corrected chi connectivity index (χ3v) is 2.62. The quantitative estimate of drug-likeness (QED) is 0.513. The highest BCUT2D eigenvalue weighted by Crippen LogP contribution is 2.33. The first kappa shape index (κ1) is 18.5. The minimum Gasteiger partial charge on any atom is -0.0993 e. The molecule has 0 amide bonds. The summed E-state index contributed by atoms with van der Waals surface area (Å²) in [5.74, 6) is 1.56. The molecule has 0 aliphatic heterocycles. The van der Waals surface area contributed by atoms with Crippen LogP contribution in [0.4, 0.5) is 0 Å². The molecule has 1 rings (SSSR count). The second kappa shape index (κ2) is 8.34. The van der Waals surface area contributed by atoms with Gasteiger partial charge in [0.1, 0.15) is 0 Å². The molecule has 1 saturated carbocycles. The molecular weight excluding hydrogens is 156 g/mol. The summed E-state index contributed by atoms with van der Waals surface area (Å²) >= 11 is 0. The van der Waals surface area contributed by atoms with Gasteiger partial charge in [-0.1, -0.05) is 61.1 Å². The SMILES string of the molecule is C.C.C.C=C(C(C)C)C1CCCC1. The smallest absolute Gasteiger partial charge is 0.0203 e. The first-order valence-electron chi connectivity index (χ1n) is 4.40. The van der Waals surface area contributed by atoms with Crippen LogP contribution < -0.4 is 0 Å². The molecule has 13 heavy (non-hydrogen) atoms. The molecular formula is C13H30.